The minimum atomic E-state index is -3.23. The lowest BCUT2D eigenvalue weighted by Crippen LogP contribution is -2.37. The first-order valence-corrected chi connectivity index (χ1v) is 8.74. The molecule has 0 aliphatic rings. The second-order valence-corrected chi connectivity index (χ2v) is 10.0. The molecule has 6 nitrogen and oxygen atoms in total. The van der Waals surface area contributed by atoms with Crippen LogP contribution in [0, 0.1) is 5.92 Å². The van der Waals surface area contributed by atoms with E-state index in [0.29, 0.717) is 6.42 Å². The van der Waals surface area contributed by atoms with E-state index in [4.69, 9.17) is 4.74 Å². The third-order valence-corrected chi connectivity index (χ3v) is 5.56. The van der Waals surface area contributed by atoms with E-state index in [1.807, 2.05) is 0 Å². The smallest absolute Gasteiger partial charge is 0.407 e. The van der Waals surface area contributed by atoms with Gasteiger partial charge in [-0.2, -0.15) is 0 Å². The fraction of sp³-hybridized carbons (Fsp3) is 0.929. The van der Waals surface area contributed by atoms with Crippen LogP contribution in [0.1, 0.15) is 48.0 Å². The first-order chi connectivity index (χ1) is 9.28. The lowest BCUT2D eigenvalue weighted by Gasteiger charge is -2.23. The molecule has 0 spiro atoms. The van der Waals surface area contributed by atoms with Crippen molar-refractivity contribution in [3.05, 3.63) is 0 Å². The van der Waals surface area contributed by atoms with E-state index in [9.17, 15) is 18.3 Å². The van der Waals surface area contributed by atoms with Gasteiger partial charge in [-0.25, -0.2) is 13.2 Å². The fourth-order valence-electron chi connectivity index (χ4n) is 1.43. The summed E-state index contributed by atoms with van der Waals surface area (Å²) in [6.07, 6.45) is -0.272. The quantitative estimate of drug-likeness (QED) is 0.776. The standard InChI is InChI=1S/C14H29NO5S/c1-13(2,3)20-12(17)15-9-11(10-16)7-8-21(18,19)14(4,5)6/h11,16H,7-10H2,1-6H3,(H,15,17). The maximum Gasteiger partial charge on any atom is 0.407 e. The second kappa shape index (κ2) is 7.45. The Morgan fingerprint density at radius 1 is 1.19 bits per heavy atom. The molecular weight excluding hydrogens is 294 g/mol. The number of sulfone groups is 1. The number of amides is 1. The summed E-state index contributed by atoms with van der Waals surface area (Å²) in [6, 6.07) is 0. The summed E-state index contributed by atoms with van der Waals surface area (Å²) in [6.45, 7) is 10.2. The molecule has 0 aromatic rings. The molecule has 7 heteroatoms. The average Bonchev–Trinajstić information content (AvgIpc) is 2.25. The molecule has 21 heavy (non-hydrogen) atoms. The Kier molecular flexibility index (Phi) is 7.15. The van der Waals surface area contributed by atoms with Crippen molar-refractivity contribution in [2.24, 2.45) is 5.92 Å². The van der Waals surface area contributed by atoms with Crippen LogP contribution in [0.15, 0.2) is 0 Å². The highest BCUT2D eigenvalue weighted by Crippen LogP contribution is 2.18. The lowest BCUT2D eigenvalue weighted by atomic mass is 10.1. The van der Waals surface area contributed by atoms with E-state index in [1.165, 1.54) is 0 Å². The number of hydrogen-bond donors (Lipinski definition) is 2. The zero-order chi connectivity index (χ0) is 16.9. The van der Waals surface area contributed by atoms with Crippen molar-refractivity contribution in [3.8, 4) is 0 Å². The van der Waals surface area contributed by atoms with Crippen molar-refractivity contribution in [2.45, 2.75) is 58.3 Å². The molecule has 0 bridgehead atoms. The molecule has 2 N–H and O–H groups in total. The predicted octanol–water partition coefficient (Wildman–Crippen LogP) is 1.72. The molecule has 126 valence electrons. The van der Waals surface area contributed by atoms with Gasteiger partial charge in [-0.15, -0.1) is 0 Å². The SMILES string of the molecule is CC(C)(C)OC(=O)NCC(CO)CCS(=O)(=O)C(C)(C)C. The van der Waals surface area contributed by atoms with Crippen LogP contribution in [0.25, 0.3) is 0 Å². The summed E-state index contributed by atoms with van der Waals surface area (Å²) in [5, 5.41) is 11.8. The number of aliphatic hydroxyl groups excluding tert-OH is 1. The summed E-state index contributed by atoms with van der Waals surface area (Å²) >= 11 is 0. The molecule has 1 unspecified atom stereocenters. The van der Waals surface area contributed by atoms with Crippen LogP contribution in [0.5, 0.6) is 0 Å². The maximum atomic E-state index is 12.0. The predicted molar refractivity (Wildman–Crippen MR) is 83.0 cm³/mol. The van der Waals surface area contributed by atoms with E-state index in [2.05, 4.69) is 5.32 Å². The number of carbonyl (C=O) groups excluding carboxylic acids is 1. The summed E-state index contributed by atoms with van der Waals surface area (Å²) in [5.74, 6) is -0.327. The summed E-state index contributed by atoms with van der Waals surface area (Å²) in [4.78, 5) is 11.5. The van der Waals surface area contributed by atoms with E-state index >= 15 is 0 Å². The number of hydrogen-bond acceptors (Lipinski definition) is 5. The van der Waals surface area contributed by atoms with Gasteiger partial charge in [0.25, 0.3) is 0 Å². The Bertz CT molecular complexity index is 431. The minimum absolute atomic E-state index is 0.0161. The molecule has 0 aromatic heterocycles. The van der Waals surface area contributed by atoms with Gasteiger partial charge in [-0.3, -0.25) is 0 Å². The molecule has 0 aliphatic heterocycles. The monoisotopic (exact) mass is 323 g/mol. The third kappa shape index (κ3) is 8.26. The topological polar surface area (TPSA) is 92.7 Å². The van der Waals surface area contributed by atoms with Crippen molar-refractivity contribution >= 4 is 15.9 Å². The Hall–Kier alpha value is -0.820. The van der Waals surface area contributed by atoms with Gasteiger partial charge < -0.3 is 15.2 Å². The molecule has 0 aliphatic carbocycles. The minimum Gasteiger partial charge on any atom is -0.444 e. The normalized spacial score (nSPS) is 14.6. The fourth-order valence-corrected chi connectivity index (χ4v) is 2.68. The molecule has 0 heterocycles. The zero-order valence-corrected chi connectivity index (χ0v) is 14.7. The van der Waals surface area contributed by atoms with Crippen molar-refractivity contribution in [3.63, 3.8) is 0 Å². The first kappa shape index (κ1) is 20.2. The number of aliphatic hydroxyl groups is 1. The molecule has 1 amide bonds. The van der Waals surface area contributed by atoms with Crippen molar-refractivity contribution in [1.29, 1.82) is 0 Å². The van der Waals surface area contributed by atoms with Crippen LogP contribution < -0.4 is 5.32 Å². The average molecular weight is 323 g/mol. The molecular formula is C14H29NO5S. The molecule has 0 saturated heterocycles. The number of carbonyl (C=O) groups is 1. The highest BCUT2D eigenvalue weighted by molar-refractivity contribution is 7.92. The van der Waals surface area contributed by atoms with Crippen LogP contribution in [-0.4, -0.2) is 48.9 Å². The van der Waals surface area contributed by atoms with E-state index in [1.54, 1.807) is 41.5 Å². The first-order valence-electron chi connectivity index (χ1n) is 7.08. The van der Waals surface area contributed by atoms with Crippen LogP contribution in [0.2, 0.25) is 0 Å². The van der Waals surface area contributed by atoms with Gasteiger partial charge in [0, 0.05) is 19.1 Å². The lowest BCUT2D eigenvalue weighted by molar-refractivity contribution is 0.0512. The van der Waals surface area contributed by atoms with Crippen molar-refractivity contribution < 1.29 is 23.1 Å². The Morgan fingerprint density at radius 3 is 2.10 bits per heavy atom. The molecule has 0 fully saturated rings. The van der Waals surface area contributed by atoms with Crippen molar-refractivity contribution in [2.75, 3.05) is 18.9 Å². The van der Waals surface area contributed by atoms with Gasteiger partial charge in [0.15, 0.2) is 9.84 Å². The van der Waals surface area contributed by atoms with Gasteiger partial charge in [0.2, 0.25) is 0 Å². The molecule has 0 aromatic carbocycles. The Balaban J connectivity index is 4.35. The van der Waals surface area contributed by atoms with E-state index in [-0.39, 0.29) is 24.8 Å². The van der Waals surface area contributed by atoms with Gasteiger partial charge in [-0.05, 0) is 48.0 Å². The Morgan fingerprint density at radius 2 is 1.71 bits per heavy atom. The van der Waals surface area contributed by atoms with Gasteiger partial charge in [-0.1, -0.05) is 0 Å². The largest absolute Gasteiger partial charge is 0.444 e. The molecule has 0 saturated carbocycles. The summed E-state index contributed by atoms with van der Waals surface area (Å²) in [5.41, 5.74) is -0.589. The number of ether oxygens (including phenoxy) is 1. The Labute approximate surface area is 128 Å². The summed E-state index contributed by atoms with van der Waals surface area (Å²) < 4.78 is 28.3. The van der Waals surface area contributed by atoms with E-state index in [0.717, 1.165) is 0 Å². The van der Waals surface area contributed by atoms with Crippen LogP contribution in [0.4, 0.5) is 4.79 Å². The van der Waals surface area contributed by atoms with Crippen molar-refractivity contribution in [1.82, 2.24) is 5.32 Å². The molecule has 1 atom stereocenters. The van der Waals surface area contributed by atoms with Gasteiger partial charge >= 0.3 is 6.09 Å². The second-order valence-electron chi connectivity index (χ2n) is 7.15. The zero-order valence-electron chi connectivity index (χ0n) is 13.9. The number of nitrogens with one attached hydrogen (secondary N) is 1. The molecule has 0 radical (unpaired) electrons. The van der Waals surface area contributed by atoms with Crippen LogP contribution in [0.3, 0.4) is 0 Å². The third-order valence-electron chi connectivity index (χ3n) is 2.92. The highest BCUT2D eigenvalue weighted by atomic mass is 32.2. The van der Waals surface area contributed by atoms with Gasteiger partial charge in [0.1, 0.15) is 5.60 Å². The molecule has 0 rings (SSSR count). The number of rotatable bonds is 6. The highest BCUT2D eigenvalue weighted by Gasteiger charge is 2.29. The van der Waals surface area contributed by atoms with Crippen LogP contribution >= 0.6 is 0 Å². The number of alkyl carbamates (subject to hydrolysis) is 1. The van der Waals surface area contributed by atoms with Crippen LogP contribution in [-0.2, 0) is 14.6 Å². The van der Waals surface area contributed by atoms with Gasteiger partial charge in [0.05, 0.1) is 10.5 Å². The summed E-state index contributed by atoms with van der Waals surface area (Å²) in [7, 11) is -3.23. The maximum absolute atomic E-state index is 12.0. The van der Waals surface area contributed by atoms with E-state index < -0.39 is 26.3 Å².